The number of ether oxygens (including phenoxy) is 1. The van der Waals surface area contributed by atoms with Crippen LogP contribution in [0.2, 0.25) is 0 Å². The van der Waals surface area contributed by atoms with Gasteiger partial charge in [0.05, 0.1) is 6.61 Å². The monoisotopic (exact) mass is 285 g/mol. The van der Waals surface area contributed by atoms with Crippen molar-refractivity contribution in [3.63, 3.8) is 0 Å². The minimum Gasteiger partial charge on any atom is -0.471 e. The molecule has 15 heavy (non-hydrogen) atoms. The predicted octanol–water partition coefficient (Wildman–Crippen LogP) is 3.51. The van der Waals surface area contributed by atoms with Crippen molar-refractivity contribution in [3.05, 3.63) is 11.5 Å². The largest absolute Gasteiger partial charge is 0.471 e. The fraction of sp³-hybridized carbons (Fsp3) is 0.667. The molecular weight excluding hydrogens is 270 g/mol. The van der Waals surface area contributed by atoms with E-state index in [1.807, 2.05) is 21.6 Å². The van der Waals surface area contributed by atoms with Gasteiger partial charge in [-0.05, 0) is 30.5 Å². The molecule has 2 nitrogen and oxygen atoms in total. The number of unbranched alkanes of at least 4 members (excludes halogenated alkanes) is 2. The van der Waals surface area contributed by atoms with E-state index in [0.29, 0.717) is 6.61 Å². The Hall–Kier alpha value is 0.420. The Kier molecular flexibility index (Phi) is 9.90. The lowest BCUT2D eigenvalue weighted by atomic mass is 10.1. The third-order valence-corrected chi connectivity index (χ3v) is 4.45. The number of halogens is 1. The average molecular weight is 286 g/mol. The summed E-state index contributed by atoms with van der Waals surface area (Å²) in [6.07, 6.45) is 7.04. The van der Waals surface area contributed by atoms with Crippen LogP contribution in [0.4, 0.5) is 0 Å². The number of hydrogen-bond donors (Lipinski definition) is 1. The molecule has 0 bridgehead atoms. The molecule has 88 valence electrons. The van der Waals surface area contributed by atoms with Crippen molar-refractivity contribution in [2.75, 3.05) is 6.61 Å². The summed E-state index contributed by atoms with van der Waals surface area (Å²) >= 11 is 4.60. The summed E-state index contributed by atoms with van der Waals surface area (Å²) in [4.78, 5) is 0. The molecule has 0 saturated carbocycles. The van der Waals surface area contributed by atoms with E-state index in [4.69, 9.17) is 10.5 Å². The summed E-state index contributed by atoms with van der Waals surface area (Å²) in [5.41, 5.74) is 5.20. The van der Waals surface area contributed by atoms with Crippen molar-refractivity contribution in [1.82, 2.24) is 0 Å². The fourth-order valence-corrected chi connectivity index (χ4v) is 3.54. The highest BCUT2D eigenvalue weighted by Crippen LogP contribution is 2.37. The van der Waals surface area contributed by atoms with Crippen LogP contribution in [0.5, 0.6) is 0 Å². The zero-order valence-electron chi connectivity index (χ0n) is 8.39. The quantitative estimate of drug-likeness (QED) is 0.459. The molecule has 2 N–H and O–H groups in total. The third kappa shape index (κ3) is 8.25. The molecule has 1 rings (SSSR count). The first kappa shape index (κ1) is 15.4. The zero-order chi connectivity index (χ0) is 10.2. The molecule has 6 heteroatoms. The van der Waals surface area contributed by atoms with Crippen molar-refractivity contribution < 1.29 is 4.74 Å². The van der Waals surface area contributed by atoms with Crippen LogP contribution in [0.15, 0.2) is 11.5 Å². The van der Waals surface area contributed by atoms with E-state index < -0.39 is 0 Å². The first-order chi connectivity index (χ1) is 6.79. The van der Waals surface area contributed by atoms with Crippen LogP contribution in [-0.2, 0) is 4.74 Å². The van der Waals surface area contributed by atoms with Crippen molar-refractivity contribution in [3.8, 4) is 0 Å². The molecule has 1 aliphatic rings. The Morgan fingerprint density at radius 3 is 2.80 bits per heavy atom. The van der Waals surface area contributed by atoms with Gasteiger partial charge in [-0.15, -0.1) is 12.4 Å². The van der Waals surface area contributed by atoms with Gasteiger partial charge >= 0.3 is 0 Å². The number of nitrogens with two attached hydrogens (primary N) is 1. The van der Waals surface area contributed by atoms with Crippen molar-refractivity contribution in [1.29, 1.82) is 0 Å². The fourth-order valence-electron chi connectivity index (χ4n) is 1.20. The Morgan fingerprint density at radius 2 is 2.20 bits per heavy atom. The van der Waals surface area contributed by atoms with Gasteiger partial charge in [0.1, 0.15) is 0 Å². The molecule has 1 atom stereocenters. The molecule has 1 unspecified atom stereocenters. The van der Waals surface area contributed by atoms with E-state index in [-0.39, 0.29) is 17.6 Å². The lowest BCUT2D eigenvalue weighted by Crippen LogP contribution is -2.13. The van der Waals surface area contributed by atoms with Gasteiger partial charge in [-0.25, -0.2) is 0 Å². The number of thiocarbonyl (C=S) groups is 1. The number of hydrogen-bond acceptors (Lipinski definition) is 4. The molecule has 0 aromatic carbocycles. The van der Waals surface area contributed by atoms with E-state index in [9.17, 15) is 0 Å². The lowest BCUT2D eigenvalue weighted by Gasteiger charge is -2.06. The minimum atomic E-state index is 0. The summed E-state index contributed by atoms with van der Waals surface area (Å²) in [5, 5.41) is 3.05. The molecule has 0 aromatic rings. The topological polar surface area (TPSA) is 35.2 Å². The maximum Gasteiger partial charge on any atom is 0.253 e. The second-order valence-electron chi connectivity index (χ2n) is 3.08. The normalized spacial score (nSPS) is 18.5. The molecule has 0 amide bonds. The SMILES string of the molecule is Cl.NC(=S)OCCCCCC1C=CSS1. The van der Waals surface area contributed by atoms with Crippen molar-refractivity contribution >= 4 is 51.4 Å². The van der Waals surface area contributed by atoms with E-state index in [1.54, 1.807) is 0 Å². The van der Waals surface area contributed by atoms with Gasteiger partial charge in [0, 0.05) is 5.25 Å². The summed E-state index contributed by atoms with van der Waals surface area (Å²) in [6.45, 7) is 0.664. The Bertz CT molecular complexity index is 214. The van der Waals surface area contributed by atoms with E-state index >= 15 is 0 Å². The maximum absolute atomic E-state index is 5.20. The molecule has 0 fully saturated rings. The molecular formula is C9H16ClNOS3. The zero-order valence-corrected chi connectivity index (χ0v) is 11.7. The van der Waals surface area contributed by atoms with E-state index in [2.05, 4.69) is 23.7 Å². The first-order valence-electron chi connectivity index (χ1n) is 4.70. The Morgan fingerprint density at radius 1 is 1.40 bits per heavy atom. The van der Waals surface area contributed by atoms with Gasteiger partial charge in [0.2, 0.25) is 0 Å². The Balaban J connectivity index is 0.00000196. The molecule has 0 aromatic heterocycles. The number of rotatable bonds is 6. The molecule has 0 saturated heterocycles. The molecule has 1 heterocycles. The summed E-state index contributed by atoms with van der Waals surface area (Å²) in [7, 11) is 3.78. The predicted molar refractivity (Wildman–Crippen MR) is 76.6 cm³/mol. The maximum atomic E-state index is 5.20. The highest BCUT2D eigenvalue weighted by Gasteiger charge is 2.09. The average Bonchev–Trinajstić information content (AvgIpc) is 2.63. The first-order valence-corrected chi connectivity index (χ1v) is 7.38. The second kappa shape index (κ2) is 9.63. The minimum absolute atomic E-state index is 0. The van der Waals surface area contributed by atoms with Gasteiger partial charge in [0.25, 0.3) is 5.17 Å². The van der Waals surface area contributed by atoms with Gasteiger partial charge in [-0.1, -0.05) is 40.5 Å². The standard InChI is InChI=1S/C9H15NOS3.ClH/c10-9(12)11-6-3-1-2-4-8-5-7-13-14-8;/h5,7-8H,1-4,6H2,(H2,10,12);1H. The summed E-state index contributed by atoms with van der Waals surface area (Å²) in [6, 6.07) is 0. The summed E-state index contributed by atoms with van der Waals surface area (Å²) < 4.78 is 5.00. The highest BCUT2D eigenvalue weighted by atomic mass is 35.5. The van der Waals surface area contributed by atoms with Gasteiger partial charge in [-0.2, -0.15) is 0 Å². The lowest BCUT2D eigenvalue weighted by molar-refractivity contribution is 0.296. The molecule has 1 aliphatic heterocycles. The van der Waals surface area contributed by atoms with Crippen LogP contribution in [0.1, 0.15) is 25.7 Å². The van der Waals surface area contributed by atoms with E-state index in [0.717, 1.165) is 11.7 Å². The van der Waals surface area contributed by atoms with Gasteiger partial charge in [0.15, 0.2) is 0 Å². The molecule has 0 spiro atoms. The van der Waals surface area contributed by atoms with Crippen LogP contribution in [0.3, 0.4) is 0 Å². The van der Waals surface area contributed by atoms with Gasteiger partial charge in [-0.3, -0.25) is 0 Å². The van der Waals surface area contributed by atoms with Crippen LogP contribution < -0.4 is 5.73 Å². The van der Waals surface area contributed by atoms with Crippen molar-refractivity contribution in [2.45, 2.75) is 30.9 Å². The summed E-state index contributed by atoms with van der Waals surface area (Å²) in [5.74, 6) is 0. The van der Waals surface area contributed by atoms with Crippen LogP contribution in [-0.4, -0.2) is 17.0 Å². The van der Waals surface area contributed by atoms with Crippen molar-refractivity contribution in [2.24, 2.45) is 5.73 Å². The molecule has 0 aliphatic carbocycles. The third-order valence-electron chi connectivity index (χ3n) is 1.91. The van der Waals surface area contributed by atoms with Crippen LogP contribution in [0.25, 0.3) is 0 Å². The van der Waals surface area contributed by atoms with E-state index in [1.165, 1.54) is 19.3 Å². The molecule has 0 radical (unpaired) electrons. The second-order valence-corrected chi connectivity index (χ2v) is 5.90. The smallest absolute Gasteiger partial charge is 0.253 e. The van der Waals surface area contributed by atoms with Crippen LogP contribution >= 0.6 is 46.2 Å². The highest BCUT2D eigenvalue weighted by molar-refractivity contribution is 8.78. The van der Waals surface area contributed by atoms with Gasteiger partial charge < -0.3 is 10.5 Å². The van der Waals surface area contributed by atoms with Crippen LogP contribution in [0, 0.1) is 0 Å². The Labute approximate surface area is 111 Å².